The number of rotatable bonds is 4. The largest absolute Gasteiger partial charge is 0.301 e. The van der Waals surface area contributed by atoms with E-state index in [0.717, 1.165) is 11.1 Å². The second-order valence-corrected chi connectivity index (χ2v) is 6.86. The maximum absolute atomic E-state index is 12.9. The Bertz CT molecular complexity index is 1080. The van der Waals surface area contributed by atoms with Gasteiger partial charge in [0.15, 0.2) is 11.0 Å². The van der Waals surface area contributed by atoms with Crippen LogP contribution in [0.3, 0.4) is 0 Å². The van der Waals surface area contributed by atoms with Crippen molar-refractivity contribution in [2.45, 2.75) is 0 Å². The van der Waals surface area contributed by atoms with Gasteiger partial charge >= 0.3 is 0 Å². The van der Waals surface area contributed by atoms with Gasteiger partial charge in [0, 0.05) is 6.21 Å². The number of carbonyl (C=O) groups is 2. The van der Waals surface area contributed by atoms with E-state index in [4.69, 9.17) is 12.2 Å². The molecule has 0 radical (unpaired) electrons. The van der Waals surface area contributed by atoms with Gasteiger partial charge in [-0.3, -0.25) is 19.5 Å². The lowest BCUT2D eigenvalue weighted by Gasteiger charge is -2.30. The number of aliphatic imine (C=N–C) groups is 1. The number of amides is 2. The third-order valence-corrected chi connectivity index (χ3v) is 4.85. The number of hydrogen-bond donors (Lipinski definition) is 1. The van der Waals surface area contributed by atoms with E-state index in [1.54, 1.807) is 24.3 Å². The SMILES string of the molecule is O=C1NC(=S)N(c2ccccc2)C(=O)[C@@H]1C=Nc1ccc(-c2ccccc2)cc1. The van der Waals surface area contributed by atoms with Crippen LogP contribution >= 0.6 is 12.2 Å². The Kier molecular flexibility index (Phi) is 5.27. The summed E-state index contributed by atoms with van der Waals surface area (Å²) < 4.78 is 0. The lowest BCUT2D eigenvalue weighted by atomic mass is 10.0. The molecule has 29 heavy (non-hydrogen) atoms. The van der Waals surface area contributed by atoms with Crippen LogP contribution in [0, 0.1) is 5.92 Å². The molecular formula is C23H17N3O2S. The third kappa shape index (κ3) is 3.97. The molecule has 6 heteroatoms. The van der Waals surface area contributed by atoms with E-state index in [0.29, 0.717) is 11.4 Å². The molecule has 0 aliphatic carbocycles. The summed E-state index contributed by atoms with van der Waals surface area (Å²) in [5.41, 5.74) is 3.44. The minimum absolute atomic E-state index is 0.0723. The Morgan fingerprint density at radius 3 is 2.07 bits per heavy atom. The predicted octanol–water partition coefficient (Wildman–Crippen LogP) is 4.12. The summed E-state index contributed by atoms with van der Waals surface area (Å²) in [7, 11) is 0. The highest BCUT2D eigenvalue weighted by atomic mass is 32.1. The Morgan fingerprint density at radius 2 is 1.41 bits per heavy atom. The van der Waals surface area contributed by atoms with Gasteiger partial charge in [0.2, 0.25) is 5.91 Å². The number of carbonyl (C=O) groups excluding carboxylic acids is 2. The van der Waals surface area contributed by atoms with E-state index in [2.05, 4.69) is 10.3 Å². The molecule has 1 atom stereocenters. The first-order chi connectivity index (χ1) is 14.1. The normalized spacial score (nSPS) is 16.9. The summed E-state index contributed by atoms with van der Waals surface area (Å²) in [6.45, 7) is 0. The van der Waals surface area contributed by atoms with Gasteiger partial charge in [0.05, 0.1) is 11.4 Å². The molecule has 0 aromatic heterocycles. The molecule has 0 spiro atoms. The number of hydrogen-bond acceptors (Lipinski definition) is 4. The average molecular weight is 399 g/mol. The number of anilines is 1. The zero-order valence-electron chi connectivity index (χ0n) is 15.4. The quantitative estimate of drug-likeness (QED) is 0.408. The van der Waals surface area contributed by atoms with Crippen LogP contribution < -0.4 is 10.2 Å². The van der Waals surface area contributed by atoms with Crippen LogP contribution in [0.5, 0.6) is 0 Å². The van der Waals surface area contributed by atoms with Crippen molar-refractivity contribution in [3.8, 4) is 11.1 Å². The van der Waals surface area contributed by atoms with Crippen LogP contribution in [-0.2, 0) is 9.59 Å². The standard InChI is InChI=1S/C23H17N3O2S/c27-21-20(22(28)26(23(29)25-21)19-9-5-2-6-10-19)15-24-18-13-11-17(12-14-18)16-7-3-1-4-8-16/h1-15,20H,(H,25,27,29)/t20-/m1/s1. The van der Waals surface area contributed by atoms with E-state index in [1.807, 2.05) is 60.7 Å². The maximum Gasteiger partial charge on any atom is 0.251 e. The van der Waals surface area contributed by atoms with Crippen molar-refractivity contribution in [1.82, 2.24) is 5.32 Å². The van der Waals surface area contributed by atoms with Gasteiger partial charge < -0.3 is 5.32 Å². The zero-order chi connectivity index (χ0) is 20.2. The van der Waals surface area contributed by atoms with Crippen molar-refractivity contribution >= 4 is 46.7 Å². The van der Waals surface area contributed by atoms with Crippen LogP contribution in [0.25, 0.3) is 11.1 Å². The fourth-order valence-electron chi connectivity index (χ4n) is 3.07. The van der Waals surface area contributed by atoms with E-state index >= 15 is 0 Å². The van der Waals surface area contributed by atoms with Crippen LogP contribution in [-0.4, -0.2) is 23.1 Å². The summed E-state index contributed by atoms with van der Waals surface area (Å²) in [5, 5.41) is 2.65. The maximum atomic E-state index is 12.9. The number of benzene rings is 3. The van der Waals surface area contributed by atoms with Crippen molar-refractivity contribution in [2.24, 2.45) is 10.9 Å². The van der Waals surface area contributed by atoms with Crippen LogP contribution in [0.1, 0.15) is 0 Å². The molecule has 0 saturated carbocycles. The molecule has 1 fully saturated rings. The van der Waals surface area contributed by atoms with Crippen molar-refractivity contribution in [3.05, 3.63) is 84.9 Å². The van der Waals surface area contributed by atoms with Gasteiger partial charge in [-0.05, 0) is 47.6 Å². The van der Waals surface area contributed by atoms with Gasteiger partial charge in [-0.25, -0.2) is 0 Å². The molecule has 2 amide bonds. The van der Waals surface area contributed by atoms with Gasteiger partial charge in [0.25, 0.3) is 5.91 Å². The molecule has 1 aliphatic rings. The highest BCUT2D eigenvalue weighted by Crippen LogP contribution is 2.23. The second kappa shape index (κ2) is 8.16. The molecule has 1 aliphatic heterocycles. The van der Waals surface area contributed by atoms with Crippen LogP contribution in [0.4, 0.5) is 11.4 Å². The lowest BCUT2D eigenvalue weighted by Crippen LogP contribution is -2.58. The minimum atomic E-state index is -1.05. The number of nitrogens with one attached hydrogen (secondary N) is 1. The fraction of sp³-hybridized carbons (Fsp3) is 0.0435. The summed E-state index contributed by atoms with van der Waals surface area (Å²) in [4.78, 5) is 30.9. The molecular weight excluding hydrogens is 382 g/mol. The van der Waals surface area contributed by atoms with Crippen molar-refractivity contribution in [1.29, 1.82) is 0 Å². The second-order valence-electron chi connectivity index (χ2n) is 6.47. The minimum Gasteiger partial charge on any atom is -0.301 e. The van der Waals surface area contributed by atoms with Crippen LogP contribution in [0.15, 0.2) is 89.9 Å². The van der Waals surface area contributed by atoms with Gasteiger partial charge in [-0.15, -0.1) is 0 Å². The average Bonchev–Trinajstić information content (AvgIpc) is 2.75. The van der Waals surface area contributed by atoms with Gasteiger partial charge in [0.1, 0.15) is 0 Å². The Balaban J connectivity index is 1.54. The molecule has 4 rings (SSSR count). The van der Waals surface area contributed by atoms with Gasteiger partial charge in [-0.1, -0.05) is 60.7 Å². The summed E-state index contributed by atoms with van der Waals surface area (Å²) in [6, 6.07) is 26.6. The van der Waals surface area contributed by atoms with Gasteiger partial charge in [-0.2, -0.15) is 0 Å². The highest BCUT2D eigenvalue weighted by Gasteiger charge is 2.38. The monoisotopic (exact) mass is 399 g/mol. The molecule has 1 N–H and O–H groups in total. The number of thiocarbonyl (C=S) groups is 1. The summed E-state index contributed by atoms with van der Waals surface area (Å²) in [6.07, 6.45) is 1.37. The predicted molar refractivity (Wildman–Crippen MR) is 118 cm³/mol. The number of para-hydroxylation sites is 1. The molecule has 1 heterocycles. The molecule has 3 aromatic carbocycles. The van der Waals surface area contributed by atoms with E-state index in [-0.39, 0.29) is 5.11 Å². The zero-order valence-corrected chi connectivity index (χ0v) is 16.2. The van der Waals surface area contributed by atoms with Crippen molar-refractivity contribution in [2.75, 3.05) is 4.90 Å². The molecule has 5 nitrogen and oxygen atoms in total. The third-order valence-electron chi connectivity index (χ3n) is 4.56. The highest BCUT2D eigenvalue weighted by molar-refractivity contribution is 7.80. The Hall–Kier alpha value is -3.64. The summed E-state index contributed by atoms with van der Waals surface area (Å²) >= 11 is 5.18. The van der Waals surface area contributed by atoms with Crippen molar-refractivity contribution in [3.63, 3.8) is 0 Å². The van der Waals surface area contributed by atoms with E-state index < -0.39 is 17.7 Å². The molecule has 0 unspecified atom stereocenters. The van der Waals surface area contributed by atoms with E-state index in [1.165, 1.54) is 11.1 Å². The molecule has 3 aromatic rings. The topological polar surface area (TPSA) is 61.8 Å². The summed E-state index contributed by atoms with van der Waals surface area (Å²) in [5.74, 6) is -1.94. The molecule has 142 valence electrons. The number of nitrogens with zero attached hydrogens (tertiary/aromatic N) is 2. The van der Waals surface area contributed by atoms with Crippen LogP contribution in [0.2, 0.25) is 0 Å². The Labute approximate surface area is 173 Å². The first-order valence-electron chi connectivity index (χ1n) is 9.07. The molecule has 0 bridgehead atoms. The lowest BCUT2D eigenvalue weighted by molar-refractivity contribution is -0.130. The fourth-order valence-corrected chi connectivity index (χ4v) is 3.37. The molecule has 1 saturated heterocycles. The van der Waals surface area contributed by atoms with E-state index in [9.17, 15) is 9.59 Å². The smallest absolute Gasteiger partial charge is 0.251 e. The van der Waals surface area contributed by atoms with Crippen molar-refractivity contribution < 1.29 is 9.59 Å². The Morgan fingerprint density at radius 1 is 0.828 bits per heavy atom. The first kappa shape index (κ1) is 18.7. The first-order valence-corrected chi connectivity index (χ1v) is 9.48.